The highest BCUT2D eigenvalue weighted by Gasteiger charge is 2.15. The van der Waals surface area contributed by atoms with Crippen LogP contribution >= 0.6 is 0 Å². The van der Waals surface area contributed by atoms with E-state index >= 15 is 0 Å². The highest BCUT2D eigenvalue weighted by atomic mass is 15.3. The number of aromatic nitrogens is 3. The Hall–Kier alpha value is -1.68. The average molecular weight is 286 g/mol. The Morgan fingerprint density at radius 1 is 1.24 bits per heavy atom. The van der Waals surface area contributed by atoms with Gasteiger partial charge in [-0.25, -0.2) is 0 Å². The zero-order valence-corrected chi connectivity index (χ0v) is 13.8. The molecule has 0 radical (unpaired) electrons. The summed E-state index contributed by atoms with van der Waals surface area (Å²) in [5.41, 5.74) is 6.16. The van der Waals surface area contributed by atoms with Crippen LogP contribution in [0.2, 0.25) is 0 Å². The lowest BCUT2D eigenvalue weighted by Crippen LogP contribution is -2.30. The van der Waals surface area contributed by atoms with Gasteiger partial charge in [0.15, 0.2) is 0 Å². The standard InChI is InChI=1S/C17H26N4/c1-6-14-7-8-15(19-11-14)9-16(18-4)10-17-12(2)20-21(5)13(17)3/h7-8,11,16,18H,6,9-10H2,1-5H3. The minimum absolute atomic E-state index is 0.381. The zero-order valence-electron chi connectivity index (χ0n) is 13.8. The molecule has 0 aliphatic rings. The van der Waals surface area contributed by atoms with Crippen molar-refractivity contribution in [1.29, 1.82) is 0 Å². The molecule has 0 amide bonds. The number of nitrogens with one attached hydrogen (secondary N) is 1. The molecule has 1 unspecified atom stereocenters. The molecule has 1 atom stereocenters. The van der Waals surface area contributed by atoms with Gasteiger partial charge in [0.25, 0.3) is 0 Å². The largest absolute Gasteiger partial charge is 0.316 e. The van der Waals surface area contributed by atoms with Gasteiger partial charge in [0.2, 0.25) is 0 Å². The molecule has 0 saturated carbocycles. The van der Waals surface area contributed by atoms with Crippen LogP contribution < -0.4 is 5.32 Å². The normalized spacial score (nSPS) is 12.6. The smallest absolute Gasteiger partial charge is 0.0628 e. The van der Waals surface area contributed by atoms with Gasteiger partial charge in [-0.05, 0) is 50.9 Å². The minimum Gasteiger partial charge on any atom is -0.316 e. The first-order valence-corrected chi connectivity index (χ1v) is 7.65. The van der Waals surface area contributed by atoms with Crippen LogP contribution in [0, 0.1) is 13.8 Å². The molecule has 21 heavy (non-hydrogen) atoms. The first kappa shape index (κ1) is 15.7. The van der Waals surface area contributed by atoms with E-state index in [0.29, 0.717) is 6.04 Å². The summed E-state index contributed by atoms with van der Waals surface area (Å²) in [5.74, 6) is 0. The summed E-state index contributed by atoms with van der Waals surface area (Å²) in [4.78, 5) is 4.57. The van der Waals surface area contributed by atoms with E-state index in [1.807, 2.05) is 25.0 Å². The van der Waals surface area contributed by atoms with Crippen LogP contribution in [0.15, 0.2) is 18.3 Å². The fraction of sp³-hybridized carbons (Fsp3) is 0.529. The highest BCUT2D eigenvalue weighted by molar-refractivity contribution is 5.26. The summed E-state index contributed by atoms with van der Waals surface area (Å²) in [7, 11) is 4.03. The molecule has 0 fully saturated rings. The van der Waals surface area contributed by atoms with E-state index in [1.165, 1.54) is 16.8 Å². The summed E-state index contributed by atoms with van der Waals surface area (Å²) in [6, 6.07) is 4.70. The lowest BCUT2D eigenvalue weighted by Gasteiger charge is -2.16. The third kappa shape index (κ3) is 3.70. The molecule has 114 valence electrons. The maximum Gasteiger partial charge on any atom is 0.0628 e. The van der Waals surface area contributed by atoms with Gasteiger partial charge in [-0.2, -0.15) is 5.10 Å². The molecule has 0 spiro atoms. The number of aryl methyl sites for hydroxylation is 3. The second-order valence-corrected chi connectivity index (χ2v) is 5.68. The molecule has 4 heteroatoms. The fourth-order valence-corrected chi connectivity index (χ4v) is 2.67. The predicted octanol–water partition coefficient (Wildman–Crippen LogP) is 2.37. The van der Waals surface area contributed by atoms with Gasteiger partial charge >= 0.3 is 0 Å². The Bertz CT molecular complexity index is 584. The van der Waals surface area contributed by atoms with Crippen LogP contribution in [-0.2, 0) is 26.3 Å². The third-order valence-corrected chi connectivity index (χ3v) is 4.27. The van der Waals surface area contributed by atoms with Crippen LogP contribution in [-0.4, -0.2) is 27.9 Å². The molecule has 2 heterocycles. The molecule has 4 nitrogen and oxygen atoms in total. The van der Waals surface area contributed by atoms with E-state index in [-0.39, 0.29) is 0 Å². The Balaban J connectivity index is 2.09. The van der Waals surface area contributed by atoms with Crippen LogP contribution in [0.25, 0.3) is 0 Å². The quantitative estimate of drug-likeness (QED) is 0.886. The Morgan fingerprint density at radius 2 is 2.00 bits per heavy atom. The summed E-state index contributed by atoms with van der Waals surface area (Å²) in [6.07, 6.45) is 4.95. The third-order valence-electron chi connectivity index (χ3n) is 4.27. The number of hydrogen-bond acceptors (Lipinski definition) is 3. The summed E-state index contributed by atoms with van der Waals surface area (Å²) >= 11 is 0. The molecule has 2 aromatic rings. The van der Waals surface area contributed by atoms with Gasteiger partial charge in [-0.1, -0.05) is 13.0 Å². The van der Waals surface area contributed by atoms with Crippen molar-refractivity contribution in [1.82, 2.24) is 20.1 Å². The molecule has 0 aliphatic carbocycles. The van der Waals surface area contributed by atoms with Gasteiger partial charge < -0.3 is 5.32 Å². The first-order valence-electron chi connectivity index (χ1n) is 7.65. The fourth-order valence-electron chi connectivity index (χ4n) is 2.67. The van der Waals surface area contributed by atoms with E-state index in [2.05, 4.69) is 48.3 Å². The number of hydrogen-bond donors (Lipinski definition) is 1. The zero-order chi connectivity index (χ0) is 15.4. The molecular formula is C17H26N4. The molecule has 0 aromatic carbocycles. The Kier molecular flexibility index (Phi) is 5.12. The molecular weight excluding hydrogens is 260 g/mol. The van der Waals surface area contributed by atoms with Crippen LogP contribution in [0.5, 0.6) is 0 Å². The highest BCUT2D eigenvalue weighted by Crippen LogP contribution is 2.16. The molecule has 0 aliphatic heterocycles. The number of rotatable bonds is 6. The molecule has 0 saturated heterocycles. The maximum absolute atomic E-state index is 4.57. The SMILES string of the molecule is CCc1ccc(CC(Cc2c(C)nn(C)c2C)NC)nc1. The van der Waals surface area contributed by atoms with Crippen molar-refractivity contribution >= 4 is 0 Å². The van der Waals surface area contributed by atoms with Crippen molar-refractivity contribution < 1.29 is 0 Å². The van der Waals surface area contributed by atoms with Crippen LogP contribution in [0.4, 0.5) is 0 Å². The van der Waals surface area contributed by atoms with Crippen molar-refractivity contribution in [3.05, 3.63) is 46.5 Å². The van der Waals surface area contributed by atoms with Gasteiger partial charge in [0, 0.05) is 37.1 Å². The van der Waals surface area contributed by atoms with E-state index in [9.17, 15) is 0 Å². The van der Waals surface area contributed by atoms with Crippen LogP contribution in [0.3, 0.4) is 0 Å². The van der Waals surface area contributed by atoms with Gasteiger partial charge in [-0.15, -0.1) is 0 Å². The lowest BCUT2D eigenvalue weighted by atomic mass is 10.00. The van der Waals surface area contributed by atoms with Crippen molar-refractivity contribution in [2.45, 2.75) is 46.1 Å². The predicted molar refractivity (Wildman–Crippen MR) is 86.6 cm³/mol. The van der Waals surface area contributed by atoms with Gasteiger partial charge in [0.1, 0.15) is 0 Å². The first-order chi connectivity index (χ1) is 10.0. The Morgan fingerprint density at radius 3 is 2.48 bits per heavy atom. The van der Waals surface area contributed by atoms with Crippen molar-refractivity contribution in [3.8, 4) is 0 Å². The second kappa shape index (κ2) is 6.85. The Labute approximate surface area is 127 Å². The number of pyridine rings is 1. The van der Waals surface area contributed by atoms with Crippen molar-refractivity contribution in [2.24, 2.45) is 7.05 Å². The maximum atomic E-state index is 4.57. The van der Waals surface area contributed by atoms with E-state index in [1.54, 1.807) is 0 Å². The van der Waals surface area contributed by atoms with Crippen molar-refractivity contribution in [2.75, 3.05) is 7.05 Å². The summed E-state index contributed by atoms with van der Waals surface area (Å²) < 4.78 is 1.96. The van der Waals surface area contributed by atoms with E-state index < -0.39 is 0 Å². The van der Waals surface area contributed by atoms with Gasteiger partial charge in [-0.3, -0.25) is 9.67 Å². The monoisotopic (exact) mass is 286 g/mol. The van der Waals surface area contributed by atoms with Crippen molar-refractivity contribution in [3.63, 3.8) is 0 Å². The average Bonchev–Trinajstić information content (AvgIpc) is 2.73. The number of likely N-dealkylation sites (N-methyl/N-ethyl adjacent to an activating group) is 1. The number of nitrogens with zero attached hydrogens (tertiary/aromatic N) is 3. The molecule has 1 N–H and O–H groups in total. The lowest BCUT2D eigenvalue weighted by molar-refractivity contribution is 0.547. The van der Waals surface area contributed by atoms with Crippen LogP contribution in [0.1, 0.15) is 35.1 Å². The minimum atomic E-state index is 0.381. The second-order valence-electron chi connectivity index (χ2n) is 5.68. The molecule has 2 rings (SSSR count). The summed E-state index contributed by atoms with van der Waals surface area (Å²) in [5, 5.41) is 7.92. The topological polar surface area (TPSA) is 42.7 Å². The molecule has 2 aromatic heterocycles. The summed E-state index contributed by atoms with van der Waals surface area (Å²) in [6.45, 7) is 6.38. The van der Waals surface area contributed by atoms with E-state index in [0.717, 1.165) is 30.7 Å². The molecule has 0 bridgehead atoms. The van der Waals surface area contributed by atoms with Gasteiger partial charge in [0.05, 0.1) is 5.69 Å². The van der Waals surface area contributed by atoms with E-state index in [4.69, 9.17) is 0 Å².